The van der Waals surface area contributed by atoms with Crippen LogP contribution in [0.3, 0.4) is 0 Å². The van der Waals surface area contributed by atoms with Crippen LogP contribution in [0.4, 0.5) is 11.9 Å². The normalized spacial score (nSPS) is 18.1. The molecule has 0 radical (unpaired) electrons. The predicted molar refractivity (Wildman–Crippen MR) is 74.3 cm³/mol. The van der Waals surface area contributed by atoms with Crippen molar-refractivity contribution in [1.29, 1.82) is 0 Å². The van der Waals surface area contributed by atoms with Crippen LogP contribution in [0.15, 0.2) is 0 Å². The van der Waals surface area contributed by atoms with Crippen LogP contribution in [0.5, 0.6) is 0 Å². The van der Waals surface area contributed by atoms with E-state index in [1.165, 1.54) is 0 Å². The fourth-order valence-electron chi connectivity index (χ4n) is 2.25. The Balaban J connectivity index is 2.24. The highest BCUT2D eigenvalue weighted by atomic mass is 35.5. The van der Waals surface area contributed by atoms with E-state index in [4.69, 9.17) is 11.6 Å². The van der Waals surface area contributed by atoms with E-state index < -0.39 is 0 Å². The van der Waals surface area contributed by atoms with Gasteiger partial charge in [-0.3, -0.25) is 0 Å². The molecule has 0 bridgehead atoms. The van der Waals surface area contributed by atoms with Gasteiger partial charge in [-0.2, -0.15) is 15.0 Å². The predicted octanol–water partition coefficient (Wildman–Crippen LogP) is 2.73. The highest BCUT2D eigenvalue weighted by molar-refractivity contribution is 6.28. The molecule has 1 fully saturated rings. The second-order valence-corrected chi connectivity index (χ2v) is 5.56. The first kappa shape index (κ1) is 13.3. The van der Waals surface area contributed by atoms with Crippen LogP contribution < -0.4 is 10.2 Å². The lowest BCUT2D eigenvalue weighted by Crippen LogP contribution is -2.39. The van der Waals surface area contributed by atoms with Crippen molar-refractivity contribution in [3.05, 3.63) is 5.28 Å². The van der Waals surface area contributed by atoms with Gasteiger partial charge < -0.3 is 10.2 Å². The molecular formula is C12H20ClN5. The second kappa shape index (κ2) is 5.26. The van der Waals surface area contributed by atoms with Crippen molar-refractivity contribution in [1.82, 2.24) is 15.0 Å². The maximum atomic E-state index is 5.97. The number of halogens is 1. The van der Waals surface area contributed by atoms with Crippen molar-refractivity contribution < 1.29 is 0 Å². The molecule has 0 saturated carbocycles. The summed E-state index contributed by atoms with van der Waals surface area (Å²) < 4.78 is 0. The molecule has 1 N–H and O–H groups in total. The van der Waals surface area contributed by atoms with Crippen molar-refractivity contribution in [3.63, 3.8) is 0 Å². The zero-order valence-corrected chi connectivity index (χ0v) is 12.0. The van der Waals surface area contributed by atoms with Crippen molar-refractivity contribution in [3.8, 4) is 0 Å². The molecule has 0 aromatic carbocycles. The Morgan fingerprint density at radius 1 is 1.33 bits per heavy atom. The van der Waals surface area contributed by atoms with Crippen molar-refractivity contribution in [2.75, 3.05) is 23.3 Å². The highest BCUT2D eigenvalue weighted by Gasteiger charge is 2.34. The zero-order chi connectivity index (χ0) is 13.2. The first-order chi connectivity index (χ1) is 8.53. The maximum absolute atomic E-state index is 5.97. The molecule has 0 amide bonds. The lowest BCUT2D eigenvalue weighted by atomic mass is 10.0. The number of rotatable bonds is 4. The molecule has 6 heteroatoms. The van der Waals surface area contributed by atoms with E-state index in [1.54, 1.807) is 0 Å². The van der Waals surface area contributed by atoms with Gasteiger partial charge in [0.05, 0.1) is 0 Å². The molecule has 5 nitrogen and oxygen atoms in total. The Bertz CT molecular complexity index is 421. The smallest absolute Gasteiger partial charge is 0.231 e. The molecule has 0 atom stereocenters. The summed E-state index contributed by atoms with van der Waals surface area (Å²) in [7, 11) is 0. The fraction of sp³-hybridized carbons (Fsp3) is 0.750. The van der Waals surface area contributed by atoms with Crippen molar-refractivity contribution in [2.45, 2.75) is 45.6 Å². The van der Waals surface area contributed by atoms with Gasteiger partial charge in [0, 0.05) is 18.6 Å². The van der Waals surface area contributed by atoms with Gasteiger partial charge in [-0.05, 0) is 44.7 Å². The Kier molecular flexibility index (Phi) is 3.90. The summed E-state index contributed by atoms with van der Waals surface area (Å²) in [4.78, 5) is 15.0. The van der Waals surface area contributed by atoms with Gasteiger partial charge >= 0.3 is 0 Å². The van der Waals surface area contributed by atoms with E-state index in [-0.39, 0.29) is 10.8 Å². The van der Waals surface area contributed by atoms with E-state index in [0.29, 0.717) is 11.9 Å². The summed E-state index contributed by atoms with van der Waals surface area (Å²) in [6.07, 6.45) is 3.33. The lowest BCUT2D eigenvalue weighted by molar-refractivity contribution is 0.509. The first-order valence-corrected chi connectivity index (χ1v) is 6.84. The van der Waals surface area contributed by atoms with Crippen LogP contribution in [0.2, 0.25) is 5.28 Å². The van der Waals surface area contributed by atoms with Crippen LogP contribution in [-0.2, 0) is 0 Å². The summed E-state index contributed by atoms with van der Waals surface area (Å²) >= 11 is 5.97. The summed E-state index contributed by atoms with van der Waals surface area (Å²) in [5.41, 5.74) is 0.0900. The lowest BCUT2D eigenvalue weighted by Gasteiger charge is -2.31. The SMILES string of the molecule is CCCNc1nc(Cl)nc(N2CCCC2(C)C)n1. The third kappa shape index (κ3) is 2.83. The quantitative estimate of drug-likeness (QED) is 0.911. The van der Waals surface area contributed by atoms with Crippen LogP contribution in [0.1, 0.15) is 40.0 Å². The molecule has 1 aliphatic heterocycles. The fourth-order valence-corrected chi connectivity index (χ4v) is 2.41. The molecule has 100 valence electrons. The molecule has 0 aliphatic carbocycles. The van der Waals surface area contributed by atoms with Gasteiger partial charge in [0.1, 0.15) is 0 Å². The number of anilines is 2. The van der Waals surface area contributed by atoms with Crippen LogP contribution in [0.25, 0.3) is 0 Å². The molecular weight excluding hydrogens is 250 g/mol. The third-order valence-corrected chi connectivity index (χ3v) is 3.44. The van der Waals surface area contributed by atoms with Gasteiger partial charge in [0.25, 0.3) is 0 Å². The number of nitrogens with zero attached hydrogens (tertiary/aromatic N) is 4. The Morgan fingerprint density at radius 2 is 2.11 bits per heavy atom. The van der Waals surface area contributed by atoms with Crippen LogP contribution in [-0.4, -0.2) is 33.6 Å². The molecule has 1 aromatic heterocycles. The monoisotopic (exact) mass is 269 g/mol. The Labute approximate surface area is 113 Å². The summed E-state index contributed by atoms with van der Waals surface area (Å²) in [5, 5.41) is 3.40. The summed E-state index contributed by atoms with van der Waals surface area (Å²) in [6.45, 7) is 8.32. The number of hydrogen-bond acceptors (Lipinski definition) is 5. The number of nitrogens with one attached hydrogen (secondary N) is 1. The standard InChI is InChI=1S/C12H20ClN5/c1-4-7-14-10-15-9(13)16-11(17-10)18-8-5-6-12(18,2)3/h4-8H2,1-3H3,(H,14,15,16,17). The largest absolute Gasteiger partial charge is 0.354 e. The average molecular weight is 270 g/mol. The van der Waals surface area contributed by atoms with Gasteiger partial charge in [-0.25, -0.2) is 0 Å². The second-order valence-electron chi connectivity index (χ2n) is 5.22. The molecule has 0 spiro atoms. The van der Waals surface area contributed by atoms with Crippen LogP contribution >= 0.6 is 11.6 Å². The molecule has 1 aromatic rings. The van der Waals surface area contributed by atoms with E-state index in [0.717, 1.165) is 32.4 Å². The van der Waals surface area contributed by atoms with Crippen LogP contribution in [0, 0.1) is 0 Å². The maximum Gasteiger partial charge on any atom is 0.231 e. The number of aromatic nitrogens is 3. The summed E-state index contributed by atoms with van der Waals surface area (Å²) in [6, 6.07) is 0. The first-order valence-electron chi connectivity index (χ1n) is 6.46. The molecule has 1 aliphatic rings. The summed E-state index contributed by atoms with van der Waals surface area (Å²) in [5.74, 6) is 1.24. The zero-order valence-electron chi connectivity index (χ0n) is 11.2. The van der Waals surface area contributed by atoms with Gasteiger partial charge in [-0.1, -0.05) is 6.92 Å². The van der Waals surface area contributed by atoms with Crippen molar-refractivity contribution >= 4 is 23.5 Å². The van der Waals surface area contributed by atoms with E-state index >= 15 is 0 Å². The Morgan fingerprint density at radius 3 is 2.72 bits per heavy atom. The highest BCUT2D eigenvalue weighted by Crippen LogP contribution is 2.31. The van der Waals surface area contributed by atoms with E-state index in [1.807, 2.05) is 0 Å². The molecule has 2 heterocycles. The molecule has 0 unspecified atom stereocenters. The van der Waals surface area contributed by atoms with Gasteiger partial charge in [0.2, 0.25) is 17.2 Å². The van der Waals surface area contributed by atoms with E-state index in [2.05, 4.69) is 45.9 Å². The number of hydrogen-bond donors (Lipinski definition) is 1. The molecule has 2 rings (SSSR count). The third-order valence-electron chi connectivity index (χ3n) is 3.27. The van der Waals surface area contributed by atoms with Gasteiger partial charge in [0.15, 0.2) is 0 Å². The minimum Gasteiger partial charge on any atom is -0.354 e. The average Bonchev–Trinajstić information content (AvgIpc) is 2.65. The topological polar surface area (TPSA) is 53.9 Å². The minimum atomic E-state index is 0.0900. The van der Waals surface area contributed by atoms with Crippen molar-refractivity contribution in [2.24, 2.45) is 0 Å². The van der Waals surface area contributed by atoms with Gasteiger partial charge in [-0.15, -0.1) is 0 Å². The van der Waals surface area contributed by atoms with E-state index in [9.17, 15) is 0 Å². The molecule has 1 saturated heterocycles. The molecule has 18 heavy (non-hydrogen) atoms. The minimum absolute atomic E-state index is 0.0900. The Hall–Kier alpha value is -1.10.